The number of alkyl halides is 3. The van der Waals surface area contributed by atoms with Crippen LogP contribution >= 0.6 is 0 Å². The van der Waals surface area contributed by atoms with Crippen molar-refractivity contribution in [3.05, 3.63) is 66.2 Å². The number of benzene rings is 1. The number of aromatic nitrogens is 5. The number of nitrogens with one attached hydrogen (secondary N) is 1. The normalized spacial score (nSPS) is 17.1. The maximum atomic E-state index is 13.2. The number of hydrogen-bond donors (Lipinski definition) is 1. The van der Waals surface area contributed by atoms with Gasteiger partial charge in [0.2, 0.25) is 0 Å². The van der Waals surface area contributed by atoms with Crippen LogP contribution in [0.4, 0.5) is 19.0 Å². The summed E-state index contributed by atoms with van der Waals surface area (Å²) in [5, 5.41) is 11.9. The van der Waals surface area contributed by atoms with E-state index in [1.54, 1.807) is 23.1 Å². The summed E-state index contributed by atoms with van der Waals surface area (Å²) in [7, 11) is 0. The summed E-state index contributed by atoms with van der Waals surface area (Å²) in [5.41, 5.74) is 2.03. The molecular weight excluding hydrogens is 499 g/mol. The fourth-order valence-electron chi connectivity index (χ4n) is 4.92. The van der Waals surface area contributed by atoms with Crippen molar-refractivity contribution in [2.45, 2.75) is 38.0 Å². The minimum absolute atomic E-state index is 0.217. The number of rotatable bonds is 7. The van der Waals surface area contributed by atoms with Gasteiger partial charge in [0, 0.05) is 30.9 Å². The minimum atomic E-state index is -4.78. The Morgan fingerprint density at radius 2 is 1.87 bits per heavy atom. The molecule has 4 aromatic rings. The van der Waals surface area contributed by atoms with E-state index in [-0.39, 0.29) is 11.7 Å². The number of piperidine rings is 1. The van der Waals surface area contributed by atoms with E-state index < -0.39 is 12.3 Å². The van der Waals surface area contributed by atoms with Crippen LogP contribution in [-0.4, -0.2) is 61.2 Å². The SMILES string of the molecule is O=C(Nc1cc(C2CCN(CC3CC3)CC2)nn1-c1ccc(OC(F)(F)F)cc1)c1cnn2cccnc12. The molecule has 1 amide bonds. The third-order valence-corrected chi connectivity index (χ3v) is 7.03. The highest BCUT2D eigenvalue weighted by Gasteiger charge is 2.31. The monoisotopic (exact) mass is 525 g/mol. The molecule has 198 valence electrons. The molecule has 1 saturated carbocycles. The van der Waals surface area contributed by atoms with E-state index in [9.17, 15) is 18.0 Å². The topological polar surface area (TPSA) is 89.6 Å². The van der Waals surface area contributed by atoms with Crippen molar-refractivity contribution < 1.29 is 22.7 Å². The summed E-state index contributed by atoms with van der Waals surface area (Å²) < 4.78 is 44.9. The maximum Gasteiger partial charge on any atom is 0.573 e. The average molecular weight is 526 g/mol. The van der Waals surface area contributed by atoms with E-state index in [1.165, 1.54) is 47.8 Å². The number of halogens is 3. The molecule has 12 heteroatoms. The first kappa shape index (κ1) is 24.4. The number of fused-ring (bicyclic) bond motifs is 1. The summed E-state index contributed by atoms with van der Waals surface area (Å²) in [6.45, 7) is 3.14. The Balaban J connectivity index is 1.27. The van der Waals surface area contributed by atoms with Gasteiger partial charge in [0.25, 0.3) is 5.91 Å². The number of carbonyl (C=O) groups is 1. The quantitative estimate of drug-likeness (QED) is 0.378. The van der Waals surface area contributed by atoms with Gasteiger partial charge in [-0.2, -0.15) is 10.2 Å². The van der Waals surface area contributed by atoms with Crippen molar-refractivity contribution in [2.24, 2.45) is 5.92 Å². The molecule has 0 radical (unpaired) electrons. The number of nitrogens with zero attached hydrogens (tertiary/aromatic N) is 6. The lowest BCUT2D eigenvalue weighted by Gasteiger charge is -2.31. The van der Waals surface area contributed by atoms with Crippen LogP contribution in [-0.2, 0) is 0 Å². The van der Waals surface area contributed by atoms with Gasteiger partial charge in [-0.3, -0.25) is 4.79 Å². The smallest absolute Gasteiger partial charge is 0.406 e. The van der Waals surface area contributed by atoms with E-state index >= 15 is 0 Å². The number of hydrogen-bond acceptors (Lipinski definition) is 6. The molecule has 1 saturated heterocycles. The van der Waals surface area contributed by atoms with E-state index in [0.29, 0.717) is 22.7 Å². The van der Waals surface area contributed by atoms with Crippen LogP contribution in [0.3, 0.4) is 0 Å². The summed E-state index contributed by atoms with van der Waals surface area (Å²) in [6.07, 6.45) is 4.48. The zero-order valence-corrected chi connectivity index (χ0v) is 20.4. The molecule has 0 atom stereocenters. The predicted molar refractivity (Wildman–Crippen MR) is 132 cm³/mol. The highest BCUT2D eigenvalue weighted by molar-refractivity contribution is 6.07. The highest BCUT2D eigenvalue weighted by Crippen LogP contribution is 2.34. The van der Waals surface area contributed by atoms with Gasteiger partial charge in [0.05, 0.1) is 17.6 Å². The molecule has 9 nitrogen and oxygen atoms in total. The fourth-order valence-corrected chi connectivity index (χ4v) is 4.92. The molecule has 3 aromatic heterocycles. The Morgan fingerprint density at radius 3 is 2.58 bits per heavy atom. The standard InChI is InChI=1S/C26H26F3N7O2/c27-26(28,29)38-20-6-4-19(5-7-20)36-23(32-25(37)21-15-31-35-11-1-10-30-24(21)35)14-22(33-36)18-8-12-34(13-9-18)16-17-2-3-17/h1,4-7,10-11,14-15,17-18H,2-3,8-9,12-13,16H2,(H,32,37). The molecule has 0 bridgehead atoms. The van der Waals surface area contributed by atoms with E-state index in [2.05, 4.69) is 25.0 Å². The number of carbonyl (C=O) groups excluding carboxylic acids is 1. The first-order valence-electron chi connectivity index (χ1n) is 12.6. The lowest BCUT2D eigenvalue weighted by atomic mass is 9.93. The zero-order valence-electron chi connectivity index (χ0n) is 20.4. The van der Waals surface area contributed by atoms with Gasteiger partial charge in [0.15, 0.2) is 5.65 Å². The summed E-state index contributed by atoms with van der Waals surface area (Å²) in [6, 6.07) is 8.96. The van der Waals surface area contributed by atoms with Crippen LogP contribution in [0.25, 0.3) is 11.3 Å². The van der Waals surface area contributed by atoms with Crippen molar-refractivity contribution in [1.82, 2.24) is 29.3 Å². The largest absolute Gasteiger partial charge is 0.573 e. The molecule has 1 aromatic carbocycles. The van der Waals surface area contributed by atoms with Gasteiger partial charge in [-0.05, 0) is 75.0 Å². The zero-order chi connectivity index (χ0) is 26.3. The van der Waals surface area contributed by atoms with Crippen molar-refractivity contribution in [1.29, 1.82) is 0 Å². The minimum Gasteiger partial charge on any atom is -0.406 e. The first-order chi connectivity index (χ1) is 18.3. The third kappa shape index (κ3) is 5.35. The molecule has 4 heterocycles. The molecule has 2 aliphatic rings. The number of amides is 1. The fraction of sp³-hybridized carbons (Fsp3) is 0.385. The Hall–Kier alpha value is -3.93. The molecule has 38 heavy (non-hydrogen) atoms. The number of likely N-dealkylation sites (tertiary alicyclic amines) is 1. The van der Waals surface area contributed by atoms with Crippen molar-refractivity contribution in [3.8, 4) is 11.4 Å². The number of ether oxygens (including phenoxy) is 1. The van der Waals surface area contributed by atoms with Crippen LogP contribution in [0.15, 0.2) is 55.0 Å². The van der Waals surface area contributed by atoms with Crippen molar-refractivity contribution in [2.75, 3.05) is 25.0 Å². The summed E-state index contributed by atoms with van der Waals surface area (Å²) in [4.78, 5) is 20.0. The molecule has 0 spiro atoms. The molecule has 2 fully saturated rings. The Kier molecular flexibility index (Phi) is 6.26. The summed E-state index contributed by atoms with van der Waals surface area (Å²) >= 11 is 0. The molecule has 1 N–H and O–H groups in total. The Labute approximate surface area is 216 Å². The number of anilines is 1. The van der Waals surface area contributed by atoms with Gasteiger partial charge in [-0.15, -0.1) is 13.2 Å². The van der Waals surface area contributed by atoms with E-state index in [1.807, 2.05) is 6.07 Å². The van der Waals surface area contributed by atoms with Crippen LogP contribution in [0.1, 0.15) is 47.7 Å². The van der Waals surface area contributed by atoms with Gasteiger partial charge in [-0.25, -0.2) is 14.2 Å². The second kappa shape index (κ2) is 9.75. The lowest BCUT2D eigenvalue weighted by Crippen LogP contribution is -2.34. The van der Waals surface area contributed by atoms with Crippen LogP contribution < -0.4 is 10.1 Å². The first-order valence-corrected chi connectivity index (χ1v) is 12.6. The second-order valence-corrected chi connectivity index (χ2v) is 9.83. The van der Waals surface area contributed by atoms with E-state index in [0.717, 1.165) is 44.1 Å². The van der Waals surface area contributed by atoms with Gasteiger partial charge in [0.1, 0.15) is 17.1 Å². The maximum absolute atomic E-state index is 13.2. The second-order valence-electron chi connectivity index (χ2n) is 9.83. The van der Waals surface area contributed by atoms with Crippen LogP contribution in [0, 0.1) is 5.92 Å². The molecule has 1 aliphatic heterocycles. The van der Waals surface area contributed by atoms with Gasteiger partial charge >= 0.3 is 6.36 Å². The van der Waals surface area contributed by atoms with Crippen molar-refractivity contribution >= 4 is 17.4 Å². The lowest BCUT2D eigenvalue weighted by molar-refractivity contribution is -0.274. The molecular formula is C26H26F3N7O2. The van der Waals surface area contributed by atoms with Crippen molar-refractivity contribution in [3.63, 3.8) is 0 Å². The third-order valence-electron chi connectivity index (χ3n) is 7.03. The van der Waals surface area contributed by atoms with E-state index in [4.69, 9.17) is 5.10 Å². The predicted octanol–water partition coefficient (Wildman–Crippen LogP) is 4.66. The molecule has 1 aliphatic carbocycles. The average Bonchev–Trinajstić information content (AvgIpc) is 3.44. The summed E-state index contributed by atoms with van der Waals surface area (Å²) in [5.74, 6) is 0.715. The van der Waals surface area contributed by atoms with Crippen LogP contribution in [0.2, 0.25) is 0 Å². The van der Waals surface area contributed by atoms with Gasteiger partial charge in [-0.1, -0.05) is 0 Å². The highest BCUT2D eigenvalue weighted by atomic mass is 19.4. The Bertz CT molecular complexity index is 1440. The Morgan fingerprint density at radius 1 is 1.11 bits per heavy atom. The molecule has 6 rings (SSSR count). The van der Waals surface area contributed by atoms with Gasteiger partial charge < -0.3 is 15.0 Å². The van der Waals surface area contributed by atoms with Crippen LogP contribution in [0.5, 0.6) is 5.75 Å². The molecule has 0 unspecified atom stereocenters.